The summed E-state index contributed by atoms with van der Waals surface area (Å²) in [6.45, 7) is 3.89. The molecule has 0 radical (unpaired) electrons. The van der Waals surface area contributed by atoms with Crippen LogP contribution in [0.4, 0.5) is 0 Å². The van der Waals surface area contributed by atoms with Crippen molar-refractivity contribution in [1.82, 2.24) is 15.7 Å². The summed E-state index contributed by atoms with van der Waals surface area (Å²) in [5, 5.41) is 13.8. The number of aliphatic hydroxyl groups excluding tert-OH is 1. The molecular weight excluding hydrogens is 370 g/mol. The number of nitrogens with one attached hydrogen (secondary N) is 2. The van der Waals surface area contributed by atoms with Crippen LogP contribution in [0.3, 0.4) is 0 Å². The predicted molar refractivity (Wildman–Crippen MR) is 116 cm³/mol. The molecule has 6 nitrogen and oxygen atoms in total. The van der Waals surface area contributed by atoms with Crippen molar-refractivity contribution in [2.75, 3.05) is 0 Å². The summed E-state index contributed by atoms with van der Waals surface area (Å²) < 4.78 is 0. The molecule has 0 aliphatic carbocycles. The molecule has 1 unspecified atom stereocenters. The topological polar surface area (TPSA) is 109 Å². The Kier molecular flexibility index (Phi) is 6.53. The molecule has 1 aliphatic rings. The zero-order valence-electron chi connectivity index (χ0n) is 15.9. The number of hydrazine groups is 1. The Morgan fingerprint density at radius 2 is 2.04 bits per heavy atom. The Bertz CT molecular complexity index is 918. The van der Waals surface area contributed by atoms with Crippen molar-refractivity contribution in [1.29, 1.82) is 0 Å². The zero-order valence-corrected chi connectivity index (χ0v) is 16.8. The molecule has 7 N–H and O–H groups in total. The first-order valence-corrected chi connectivity index (χ1v) is 9.84. The minimum atomic E-state index is -0.206. The fourth-order valence-corrected chi connectivity index (χ4v) is 4.31. The molecule has 0 saturated carbocycles. The van der Waals surface area contributed by atoms with Gasteiger partial charge in [0.15, 0.2) is 0 Å². The maximum atomic E-state index is 9.32. The van der Waals surface area contributed by atoms with Crippen LogP contribution < -0.4 is 22.3 Å². The Balaban J connectivity index is 2.10. The Morgan fingerprint density at radius 1 is 1.29 bits per heavy atom. The van der Waals surface area contributed by atoms with Gasteiger partial charge < -0.3 is 21.6 Å². The van der Waals surface area contributed by atoms with Gasteiger partial charge in [0.05, 0.1) is 33.6 Å². The first kappa shape index (κ1) is 20.2. The highest BCUT2D eigenvalue weighted by Crippen LogP contribution is 2.44. The maximum Gasteiger partial charge on any atom is 0.0846 e. The number of hydrogen-bond acceptors (Lipinski definition) is 7. The number of nitrogens with two attached hydrogens (primary N) is 2. The number of allylic oxidation sites excluding steroid dienone is 1. The molecule has 0 spiro atoms. The van der Waals surface area contributed by atoms with E-state index < -0.39 is 0 Å². The molecule has 2 heterocycles. The molecular formula is C21H25N5OS. The smallest absolute Gasteiger partial charge is 0.0846 e. The highest BCUT2D eigenvalue weighted by atomic mass is 32.2. The van der Waals surface area contributed by atoms with Crippen LogP contribution in [0.1, 0.15) is 30.7 Å². The molecule has 7 heteroatoms. The van der Waals surface area contributed by atoms with Crippen molar-refractivity contribution >= 4 is 23.0 Å². The maximum absolute atomic E-state index is 9.32. The van der Waals surface area contributed by atoms with E-state index in [-0.39, 0.29) is 12.6 Å². The Morgan fingerprint density at radius 3 is 2.57 bits per heavy atom. The number of hydrogen-bond donors (Lipinski definition) is 5. The fourth-order valence-electron chi connectivity index (χ4n) is 3.00. The summed E-state index contributed by atoms with van der Waals surface area (Å²) >= 11 is 1.58. The van der Waals surface area contributed by atoms with Crippen molar-refractivity contribution in [2.24, 2.45) is 11.6 Å². The summed E-state index contributed by atoms with van der Waals surface area (Å²) in [5.41, 5.74) is 14.5. The average Bonchev–Trinajstić information content (AvgIpc) is 3.14. The van der Waals surface area contributed by atoms with Crippen LogP contribution in [0, 0.1) is 0 Å². The molecule has 2 aromatic rings. The van der Waals surface area contributed by atoms with Crippen molar-refractivity contribution in [2.45, 2.75) is 26.5 Å². The lowest BCUT2D eigenvalue weighted by Crippen LogP contribution is -2.22. The van der Waals surface area contributed by atoms with E-state index in [2.05, 4.69) is 15.7 Å². The van der Waals surface area contributed by atoms with Gasteiger partial charge in [0.2, 0.25) is 0 Å². The van der Waals surface area contributed by atoms with Crippen LogP contribution in [0.2, 0.25) is 0 Å². The van der Waals surface area contributed by atoms with Gasteiger partial charge in [-0.25, -0.2) is 0 Å². The first-order chi connectivity index (χ1) is 13.6. The molecule has 0 bridgehead atoms. The van der Waals surface area contributed by atoms with E-state index in [4.69, 9.17) is 11.6 Å². The van der Waals surface area contributed by atoms with Gasteiger partial charge in [-0.05, 0) is 37.1 Å². The zero-order chi connectivity index (χ0) is 20.1. The normalized spacial score (nSPS) is 17.4. The van der Waals surface area contributed by atoms with E-state index in [1.54, 1.807) is 18.0 Å². The standard InChI is InChI=1S/C21H25N5OS/c1-3-16(26-23)20-19(15-9-7-14(12-27)8-10-15)25-21(28-20)18(13(2)22)17-6-4-5-11-24-17/h3-11,13,25-27H,12,22-23H2,1-2H3. The third kappa shape index (κ3) is 4.13. The summed E-state index contributed by atoms with van der Waals surface area (Å²) in [4.78, 5) is 5.46. The molecule has 1 atom stereocenters. The number of aromatic nitrogens is 1. The number of nitrogens with zero attached hydrogens (tertiary/aromatic N) is 1. The van der Waals surface area contributed by atoms with E-state index in [0.717, 1.165) is 43.7 Å². The third-order valence-electron chi connectivity index (χ3n) is 4.42. The molecule has 0 fully saturated rings. The van der Waals surface area contributed by atoms with Gasteiger partial charge in [0.1, 0.15) is 0 Å². The monoisotopic (exact) mass is 395 g/mol. The predicted octanol–water partition coefficient (Wildman–Crippen LogP) is 2.66. The average molecular weight is 396 g/mol. The van der Waals surface area contributed by atoms with Crippen molar-refractivity contribution in [3.63, 3.8) is 0 Å². The van der Waals surface area contributed by atoms with E-state index in [1.165, 1.54) is 0 Å². The third-order valence-corrected chi connectivity index (χ3v) is 5.58. The van der Waals surface area contributed by atoms with E-state index in [9.17, 15) is 5.11 Å². The van der Waals surface area contributed by atoms with Gasteiger partial charge in [-0.15, -0.1) is 0 Å². The Labute approximate surface area is 169 Å². The van der Waals surface area contributed by atoms with E-state index >= 15 is 0 Å². The minimum Gasteiger partial charge on any atom is -0.392 e. The summed E-state index contributed by atoms with van der Waals surface area (Å²) in [6.07, 6.45) is 3.70. The lowest BCUT2D eigenvalue weighted by Gasteiger charge is -2.15. The van der Waals surface area contributed by atoms with Crippen molar-refractivity contribution < 1.29 is 5.11 Å². The Hall–Kier alpha value is -2.58. The van der Waals surface area contributed by atoms with E-state index in [0.29, 0.717) is 0 Å². The van der Waals surface area contributed by atoms with Crippen LogP contribution in [0.5, 0.6) is 0 Å². The number of rotatable bonds is 6. The molecule has 0 amide bonds. The van der Waals surface area contributed by atoms with E-state index in [1.807, 2.05) is 62.4 Å². The molecule has 1 aromatic carbocycles. The molecule has 146 valence electrons. The highest BCUT2D eigenvalue weighted by Gasteiger charge is 2.27. The number of aliphatic hydroxyl groups is 1. The largest absolute Gasteiger partial charge is 0.392 e. The van der Waals surface area contributed by atoms with Gasteiger partial charge in [-0.1, -0.05) is 48.2 Å². The lowest BCUT2D eigenvalue weighted by molar-refractivity contribution is 0.282. The highest BCUT2D eigenvalue weighted by molar-refractivity contribution is 8.07. The molecule has 1 aliphatic heterocycles. The minimum absolute atomic E-state index is 0.0124. The SMILES string of the molecule is CC=C(NN)C1=C(c2ccc(CO)cc2)NC(=C(c2ccccn2)C(C)N)S1. The summed E-state index contributed by atoms with van der Waals surface area (Å²) in [7, 11) is 0. The molecule has 3 rings (SSSR count). The number of pyridine rings is 1. The van der Waals surface area contributed by atoms with Gasteiger partial charge >= 0.3 is 0 Å². The van der Waals surface area contributed by atoms with Gasteiger partial charge in [0.25, 0.3) is 0 Å². The van der Waals surface area contributed by atoms with Crippen molar-refractivity contribution in [3.05, 3.63) is 87.2 Å². The second kappa shape index (κ2) is 9.07. The first-order valence-electron chi connectivity index (χ1n) is 9.02. The summed E-state index contributed by atoms with van der Waals surface area (Å²) in [6, 6.07) is 13.4. The van der Waals surface area contributed by atoms with Crippen LogP contribution in [0.25, 0.3) is 11.3 Å². The molecule has 0 saturated heterocycles. The number of benzene rings is 1. The molecule has 28 heavy (non-hydrogen) atoms. The molecule has 1 aromatic heterocycles. The summed E-state index contributed by atoms with van der Waals surface area (Å²) in [5.74, 6) is 5.76. The van der Waals surface area contributed by atoms with Crippen LogP contribution in [0.15, 0.2) is 70.4 Å². The van der Waals surface area contributed by atoms with Gasteiger partial charge in [0, 0.05) is 17.8 Å². The quantitative estimate of drug-likeness (QED) is 0.378. The van der Waals surface area contributed by atoms with Crippen molar-refractivity contribution in [3.8, 4) is 0 Å². The van der Waals surface area contributed by atoms with Crippen LogP contribution in [-0.2, 0) is 6.61 Å². The van der Waals surface area contributed by atoms with Crippen LogP contribution in [-0.4, -0.2) is 16.1 Å². The van der Waals surface area contributed by atoms with Gasteiger partial charge in [-0.2, -0.15) is 0 Å². The fraction of sp³-hybridized carbons (Fsp3) is 0.190. The lowest BCUT2D eigenvalue weighted by atomic mass is 10.1. The second-order valence-corrected chi connectivity index (χ2v) is 7.40. The number of thioether (sulfide) groups is 1. The second-order valence-electron chi connectivity index (χ2n) is 6.38. The van der Waals surface area contributed by atoms with Crippen LogP contribution >= 0.6 is 11.8 Å². The van der Waals surface area contributed by atoms with Gasteiger partial charge in [-0.3, -0.25) is 10.8 Å².